The lowest BCUT2D eigenvalue weighted by atomic mass is 9.92. The highest BCUT2D eigenvalue weighted by atomic mass is 31.2. The number of ether oxygens (including phenoxy) is 1. The average molecular weight is 603 g/mol. The molecule has 3 heterocycles. The Labute approximate surface area is 242 Å². The van der Waals surface area contributed by atoms with Crippen LogP contribution in [0.4, 0.5) is 5.82 Å². The second kappa shape index (κ2) is 12.7. The van der Waals surface area contributed by atoms with Crippen LogP contribution >= 0.6 is 7.75 Å². The summed E-state index contributed by atoms with van der Waals surface area (Å²) in [6.07, 6.45) is -2.25. The number of carbonyl (C=O) groups is 1. The normalized spacial score (nSPS) is 24.5. The summed E-state index contributed by atoms with van der Waals surface area (Å²) in [5.74, 6) is -0.967. The maximum Gasteiger partial charge on any atom is 0.462 e. The summed E-state index contributed by atoms with van der Waals surface area (Å²) in [6.45, 7) is 4.73. The van der Waals surface area contributed by atoms with E-state index in [-0.39, 0.29) is 29.7 Å². The number of fused-ring (bicyclic) bond motifs is 1. The molecule has 3 aromatic rings. The van der Waals surface area contributed by atoms with Crippen molar-refractivity contribution in [2.45, 2.75) is 63.6 Å². The molecule has 14 nitrogen and oxygen atoms in total. The van der Waals surface area contributed by atoms with Crippen LogP contribution in [0.15, 0.2) is 48.8 Å². The smallest absolute Gasteiger partial charge is 0.462 e. The fraction of sp³-hybridized carbons (Fsp3) is 0.481. The number of carboxylic acids is 1. The van der Waals surface area contributed by atoms with Crippen LogP contribution in [-0.2, 0) is 24.2 Å². The zero-order chi connectivity index (χ0) is 30.7. The Morgan fingerprint density at radius 2 is 1.95 bits per heavy atom. The first-order valence-corrected chi connectivity index (χ1v) is 15.0. The molecule has 1 saturated heterocycles. The van der Waals surface area contributed by atoms with E-state index >= 15 is 0 Å². The van der Waals surface area contributed by atoms with Gasteiger partial charge in [0.05, 0.1) is 12.3 Å². The van der Waals surface area contributed by atoms with Gasteiger partial charge in [-0.25, -0.2) is 14.1 Å². The molecular formula is C27H35N6O8P. The van der Waals surface area contributed by atoms with Crippen molar-refractivity contribution >= 4 is 25.1 Å². The molecule has 6 atom stereocenters. The molecule has 15 heteroatoms. The molecule has 4 rings (SSSR count). The Morgan fingerprint density at radius 1 is 1.26 bits per heavy atom. The van der Waals surface area contributed by atoms with Crippen molar-refractivity contribution < 1.29 is 38.5 Å². The molecule has 0 radical (unpaired) electrons. The standard InChI is InChI=1S/C27H35N6O8P/c1-4-18(5-2)13-32(17(3)26(36)37)42(38,41-19-9-7-6-8-10-19)39-14-21-23(34)24(35)27(15-28,40-21)22-12-11-20-25(29)30-16-31-33(20)22/h6-12,16-18,21,23-24,34-35H,4-5,13-14H2,1-3H3,(H,36,37)(H2,29,30,31)/t17-,21-,23-,24-,27+,42-/m1/s1. The van der Waals surface area contributed by atoms with Gasteiger partial charge in [-0.3, -0.25) is 9.32 Å². The van der Waals surface area contributed by atoms with Gasteiger partial charge in [0, 0.05) is 6.54 Å². The van der Waals surface area contributed by atoms with Crippen LogP contribution in [0.2, 0.25) is 0 Å². The Balaban J connectivity index is 1.68. The van der Waals surface area contributed by atoms with Crippen LogP contribution in [0.25, 0.3) is 5.52 Å². The quantitative estimate of drug-likeness (QED) is 0.208. The molecule has 0 saturated carbocycles. The number of nitrogens with two attached hydrogens (primary N) is 1. The summed E-state index contributed by atoms with van der Waals surface area (Å²) in [7, 11) is -4.44. The SMILES string of the molecule is CCC(CC)CN([C@H](C)C(=O)O)[P@@](=O)(OC[C@H]1O[C@@](C#N)(c2ccc3c(N)ncnn23)[C@H](O)[C@@H]1O)Oc1ccccc1. The number of carboxylic acid groups (broad SMARTS) is 1. The predicted molar refractivity (Wildman–Crippen MR) is 150 cm³/mol. The number of aliphatic hydroxyl groups is 2. The lowest BCUT2D eigenvalue weighted by Gasteiger charge is -2.35. The van der Waals surface area contributed by atoms with Gasteiger partial charge in [-0.05, 0) is 37.1 Å². The van der Waals surface area contributed by atoms with E-state index in [4.69, 9.17) is 19.5 Å². The van der Waals surface area contributed by atoms with Crippen LogP contribution in [0.5, 0.6) is 5.75 Å². The largest absolute Gasteiger partial charge is 0.480 e. The van der Waals surface area contributed by atoms with Crippen molar-refractivity contribution in [3.05, 3.63) is 54.5 Å². The number of aliphatic carboxylic acids is 1. The van der Waals surface area contributed by atoms with Crippen LogP contribution < -0.4 is 10.3 Å². The lowest BCUT2D eigenvalue weighted by molar-refractivity contribution is -0.141. The Kier molecular flexibility index (Phi) is 9.52. The molecule has 2 aromatic heterocycles. The van der Waals surface area contributed by atoms with Gasteiger partial charge in [0.25, 0.3) is 0 Å². The van der Waals surface area contributed by atoms with E-state index in [9.17, 15) is 29.9 Å². The summed E-state index contributed by atoms with van der Waals surface area (Å²) < 4.78 is 34.7. The number of nitrogen functional groups attached to an aromatic ring is 1. The summed E-state index contributed by atoms with van der Waals surface area (Å²) in [5, 5.41) is 46.2. The number of hydrogen-bond acceptors (Lipinski definition) is 11. The molecule has 1 aliphatic rings. The second-order valence-electron chi connectivity index (χ2n) is 10.1. The number of aliphatic hydroxyl groups excluding tert-OH is 2. The summed E-state index contributed by atoms with van der Waals surface area (Å²) in [6, 6.07) is 11.8. The zero-order valence-electron chi connectivity index (χ0n) is 23.5. The van der Waals surface area contributed by atoms with E-state index in [0.29, 0.717) is 18.4 Å². The van der Waals surface area contributed by atoms with Gasteiger partial charge in [0.15, 0.2) is 5.82 Å². The van der Waals surface area contributed by atoms with Crippen molar-refractivity contribution in [1.29, 1.82) is 5.26 Å². The maximum atomic E-state index is 14.5. The third-order valence-corrected chi connectivity index (χ3v) is 9.63. The number of nitriles is 1. The van der Waals surface area contributed by atoms with E-state index in [0.717, 1.165) is 0 Å². The lowest BCUT2D eigenvalue weighted by Crippen LogP contribution is -2.42. The van der Waals surface area contributed by atoms with Crippen LogP contribution in [0.1, 0.15) is 39.3 Å². The predicted octanol–water partition coefficient (Wildman–Crippen LogP) is 2.57. The van der Waals surface area contributed by atoms with Gasteiger partial charge < -0.3 is 30.3 Å². The van der Waals surface area contributed by atoms with Gasteiger partial charge in [-0.1, -0.05) is 44.9 Å². The highest BCUT2D eigenvalue weighted by molar-refractivity contribution is 7.51. The summed E-state index contributed by atoms with van der Waals surface area (Å²) in [4.78, 5) is 16.0. The number of benzene rings is 1. The number of nitrogens with zero attached hydrogens (tertiary/aromatic N) is 5. The minimum atomic E-state index is -4.44. The number of hydrogen-bond donors (Lipinski definition) is 4. The molecule has 226 valence electrons. The topological polar surface area (TPSA) is 206 Å². The van der Waals surface area contributed by atoms with Gasteiger partial charge in [0.1, 0.15) is 48.0 Å². The van der Waals surface area contributed by atoms with E-state index in [1.165, 1.54) is 28.5 Å². The number of anilines is 1. The molecule has 0 unspecified atom stereocenters. The van der Waals surface area contributed by atoms with Gasteiger partial charge >= 0.3 is 13.7 Å². The van der Waals surface area contributed by atoms with Gasteiger partial charge in [-0.15, -0.1) is 0 Å². The molecule has 0 aliphatic carbocycles. The second-order valence-corrected chi connectivity index (χ2v) is 12.0. The molecule has 0 spiro atoms. The highest BCUT2D eigenvalue weighted by Crippen LogP contribution is 2.54. The molecule has 1 fully saturated rings. The molecule has 5 N–H and O–H groups in total. The van der Waals surface area contributed by atoms with Crippen molar-refractivity contribution in [2.24, 2.45) is 5.92 Å². The third kappa shape index (κ3) is 5.85. The number of rotatable bonds is 13. The van der Waals surface area contributed by atoms with Crippen molar-refractivity contribution in [2.75, 3.05) is 18.9 Å². The highest BCUT2D eigenvalue weighted by Gasteiger charge is 2.58. The minimum Gasteiger partial charge on any atom is -0.480 e. The average Bonchev–Trinajstić information content (AvgIpc) is 3.53. The van der Waals surface area contributed by atoms with Crippen LogP contribution in [0.3, 0.4) is 0 Å². The Bertz CT molecular complexity index is 1480. The van der Waals surface area contributed by atoms with Crippen molar-refractivity contribution in [3.63, 3.8) is 0 Å². The fourth-order valence-corrected chi connectivity index (χ4v) is 6.88. The first kappa shape index (κ1) is 31.4. The first-order chi connectivity index (χ1) is 20.0. The number of para-hydroxylation sites is 1. The van der Waals surface area contributed by atoms with E-state index in [1.54, 1.807) is 36.4 Å². The first-order valence-electron chi connectivity index (χ1n) is 13.5. The fourth-order valence-electron chi connectivity index (χ4n) is 4.89. The zero-order valence-corrected chi connectivity index (χ0v) is 24.4. The van der Waals surface area contributed by atoms with E-state index in [2.05, 4.69) is 10.1 Å². The van der Waals surface area contributed by atoms with Gasteiger partial charge in [0.2, 0.25) is 5.60 Å². The molecular weight excluding hydrogens is 567 g/mol. The van der Waals surface area contributed by atoms with Crippen LogP contribution in [-0.4, -0.2) is 78.1 Å². The summed E-state index contributed by atoms with van der Waals surface area (Å²) in [5.41, 5.74) is 4.25. The van der Waals surface area contributed by atoms with Gasteiger partial charge in [-0.2, -0.15) is 15.0 Å². The molecule has 0 amide bonds. The van der Waals surface area contributed by atoms with E-state index < -0.39 is 50.3 Å². The third-order valence-electron chi connectivity index (χ3n) is 7.57. The number of aromatic nitrogens is 3. The van der Waals surface area contributed by atoms with Crippen LogP contribution in [0, 0.1) is 17.2 Å². The Hall–Kier alpha value is -3.57. The van der Waals surface area contributed by atoms with Crippen molar-refractivity contribution in [1.82, 2.24) is 19.3 Å². The molecule has 1 aliphatic heterocycles. The molecule has 42 heavy (non-hydrogen) atoms. The Morgan fingerprint density at radius 3 is 2.57 bits per heavy atom. The van der Waals surface area contributed by atoms with Crippen molar-refractivity contribution in [3.8, 4) is 11.8 Å². The molecule has 0 bridgehead atoms. The maximum absolute atomic E-state index is 14.5. The monoisotopic (exact) mass is 602 g/mol. The summed E-state index contributed by atoms with van der Waals surface area (Å²) >= 11 is 0. The molecule has 1 aromatic carbocycles. The minimum absolute atomic E-state index is 0.0263. The van der Waals surface area contributed by atoms with E-state index in [1.807, 2.05) is 19.9 Å².